The van der Waals surface area contributed by atoms with Gasteiger partial charge in [0.25, 0.3) is 0 Å². The lowest BCUT2D eigenvalue weighted by Crippen LogP contribution is -2.14. The molecule has 0 aliphatic carbocycles. The number of carbonyl (C=O) groups is 1. The zero-order valence-electron chi connectivity index (χ0n) is 8.27. The predicted molar refractivity (Wildman–Crippen MR) is 50.7 cm³/mol. The van der Waals surface area contributed by atoms with Crippen LogP contribution in [0.15, 0.2) is 6.07 Å². The van der Waals surface area contributed by atoms with Crippen LogP contribution in [0, 0.1) is 13.8 Å². The second-order valence-electron chi connectivity index (χ2n) is 3.31. The van der Waals surface area contributed by atoms with Crippen molar-refractivity contribution in [2.45, 2.75) is 20.0 Å². The summed E-state index contributed by atoms with van der Waals surface area (Å²) < 4.78 is 37.8. The first kappa shape index (κ1) is 11.6. The van der Waals surface area contributed by atoms with Gasteiger partial charge in [-0.1, -0.05) is 0 Å². The number of alkyl halides is 3. The summed E-state index contributed by atoms with van der Waals surface area (Å²) >= 11 is 0. The highest BCUT2D eigenvalue weighted by atomic mass is 19.4. The van der Waals surface area contributed by atoms with Crippen LogP contribution in [0.4, 0.5) is 18.9 Å². The molecule has 82 valence electrons. The third kappa shape index (κ3) is 1.95. The lowest BCUT2D eigenvalue weighted by Gasteiger charge is -2.16. The molecule has 0 aliphatic heterocycles. The standard InChI is InChI=1S/C10H10F3NO/c1-5-3-7(4-15)9(14)8(6(5)2)10(11,12)13/h3-4H,14H2,1-2H3. The number of aryl methyl sites for hydroxylation is 1. The second kappa shape index (κ2) is 3.56. The first-order valence-corrected chi connectivity index (χ1v) is 4.21. The van der Waals surface area contributed by atoms with Crippen molar-refractivity contribution in [3.05, 3.63) is 28.3 Å². The van der Waals surface area contributed by atoms with Crippen molar-refractivity contribution >= 4 is 12.0 Å². The molecule has 2 N–H and O–H groups in total. The SMILES string of the molecule is Cc1cc(C=O)c(N)c(C(F)(F)F)c1C. The normalized spacial score (nSPS) is 11.5. The number of benzene rings is 1. The van der Waals surface area contributed by atoms with Gasteiger partial charge in [0, 0.05) is 5.56 Å². The second-order valence-corrected chi connectivity index (χ2v) is 3.31. The van der Waals surface area contributed by atoms with E-state index < -0.39 is 17.4 Å². The Bertz CT molecular complexity index is 410. The maximum absolute atomic E-state index is 12.6. The Morgan fingerprint density at radius 1 is 1.33 bits per heavy atom. The van der Waals surface area contributed by atoms with E-state index in [4.69, 9.17) is 5.73 Å². The molecule has 1 aromatic carbocycles. The molecule has 0 saturated heterocycles. The first-order valence-electron chi connectivity index (χ1n) is 4.21. The average molecular weight is 217 g/mol. The number of nitrogens with two attached hydrogens (primary N) is 1. The van der Waals surface area contributed by atoms with E-state index >= 15 is 0 Å². The number of aldehydes is 1. The summed E-state index contributed by atoms with van der Waals surface area (Å²) in [5.74, 6) is 0. The predicted octanol–water partition coefficient (Wildman–Crippen LogP) is 2.72. The average Bonchev–Trinajstić information content (AvgIpc) is 2.09. The van der Waals surface area contributed by atoms with E-state index in [1.807, 2.05) is 0 Å². The topological polar surface area (TPSA) is 43.1 Å². The van der Waals surface area contributed by atoms with E-state index in [0.29, 0.717) is 11.8 Å². The molecule has 0 bridgehead atoms. The van der Waals surface area contributed by atoms with Crippen LogP contribution in [0.25, 0.3) is 0 Å². The van der Waals surface area contributed by atoms with Crippen molar-refractivity contribution in [1.29, 1.82) is 0 Å². The van der Waals surface area contributed by atoms with Gasteiger partial charge in [-0.25, -0.2) is 0 Å². The van der Waals surface area contributed by atoms with Crippen molar-refractivity contribution < 1.29 is 18.0 Å². The van der Waals surface area contributed by atoms with Crippen molar-refractivity contribution in [3.8, 4) is 0 Å². The minimum absolute atomic E-state index is 0.0607. The largest absolute Gasteiger partial charge is 0.418 e. The molecule has 0 fully saturated rings. The fourth-order valence-corrected chi connectivity index (χ4v) is 1.43. The van der Waals surface area contributed by atoms with Crippen LogP contribution in [-0.2, 0) is 6.18 Å². The molecular formula is C10H10F3NO. The Hall–Kier alpha value is -1.52. The molecule has 0 unspecified atom stereocenters. The van der Waals surface area contributed by atoms with E-state index in [-0.39, 0.29) is 11.1 Å². The molecule has 0 aromatic heterocycles. The number of rotatable bonds is 1. The molecule has 1 rings (SSSR count). The number of anilines is 1. The van der Waals surface area contributed by atoms with Gasteiger partial charge in [-0.3, -0.25) is 4.79 Å². The highest BCUT2D eigenvalue weighted by Crippen LogP contribution is 2.38. The van der Waals surface area contributed by atoms with E-state index in [1.165, 1.54) is 19.9 Å². The summed E-state index contributed by atoms with van der Waals surface area (Å²) in [7, 11) is 0. The highest BCUT2D eigenvalue weighted by molar-refractivity contribution is 5.86. The Morgan fingerprint density at radius 2 is 1.87 bits per heavy atom. The van der Waals surface area contributed by atoms with E-state index in [2.05, 4.69) is 0 Å². The van der Waals surface area contributed by atoms with E-state index in [9.17, 15) is 18.0 Å². The van der Waals surface area contributed by atoms with Crippen LogP contribution in [0.1, 0.15) is 27.0 Å². The monoisotopic (exact) mass is 217 g/mol. The molecule has 1 aromatic rings. The molecule has 0 radical (unpaired) electrons. The summed E-state index contributed by atoms with van der Waals surface area (Å²) in [6.07, 6.45) is -4.20. The Kier molecular flexibility index (Phi) is 2.75. The van der Waals surface area contributed by atoms with Crippen LogP contribution >= 0.6 is 0 Å². The zero-order valence-corrected chi connectivity index (χ0v) is 8.27. The molecule has 0 spiro atoms. The van der Waals surface area contributed by atoms with Crippen molar-refractivity contribution in [2.75, 3.05) is 5.73 Å². The fraction of sp³-hybridized carbons (Fsp3) is 0.300. The lowest BCUT2D eigenvalue weighted by molar-refractivity contribution is -0.137. The summed E-state index contributed by atoms with van der Waals surface area (Å²) in [5.41, 5.74) is 4.23. The maximum atomic E-state index is 12.6. The van der Waals surface area contributed by atoms with Crippen LogP contribution in [0.3, 0.4) is 0 Å². The van der Waals surface area contributed by atoms with Crippen LogP contribution in [0.2, 0.25) is 0 Å². The molecule has 0 atom stereocenters. The summed E-state index contributed by atoms with van der Waals surface area (Å²) in [6.45, 7) is 2.85. The van der Waals surface area contributed by atoms with Crippen LogP contribution in [-0.4, -0.2) is 6.29 Å². The van der Waals surface area contributed by atoms with Gasteiger partial charge in [0.15, 0.2) is 6.29 Å². The van der Waals surface area contributed by atoms with E-state index in [1.54, 1.807) is 0 Å². The molecule has 0 amide bonds. The molecule has 0 heterocycles. The Labute approximate surface area is 84.9 Å². The lowest BCUT2D eigenvalue weighted by atomic mass is 9.97. The van der Waals surface area contributed by atoms with E-state index in [0.717, 1.165) is 0 Å². The van der Waals surface area contributed by atoms with Crippen molar-refractivity contribution in [1.82, 2.24) is 0 Å². The quantitative estimate of drug-likeness (QED) is 0.580. The number of nitrogen functional groups attached to an aromatic ring is 1. The van der Waals surface area contributed by atoms with Crippen molar-refractivity contribution in [2.24, 2.45) is 0 Å². The highest BCUT2D eigenvalue weighted by Gasteiger charge is 2.36. The molecule has 15 heavy (non-hydrogen) atoms. The fourth-order valence-electron chi connectivity index (χ4n) is 1.43. The van der Waals surface area contributed by atoms with Gasteiger partial charge >= 0.3 is 6.18 Å². The molecular weight excluding hydrogens is 207 g/mol. The Balaban J connectivity index is 3.62. The van der Waals surface area contributed by atoms with Crippen LogP contribution < -0.4 is 5.73 Å². The van der Waals surface area contributed by atoms with Gasteiger partial charge in [0.1, 0.15) is 0 Å². The molecule has 2 nitrogen and oxygen atoms in total. The van der Waals surface area contributed by atoms with Gasteiger partial charge in [-0.2, -0.15) is 13.2 Å². The smallest absolute Gasteiger partial charge is 0.398 e. The number of hydrogen-bond donors (Lipinski definition) is 1. The number of carbonyl (C=O) groups excluding carboxylic acids is 1. The third-order valence-corrected chi connectivity index (χ3v) is 2.33. The minimum Gasteiger partial charge on any atom is -0.398 e. The summed E-state index contributed by atoms with van der Waals surface area (Å²) in [4.78, 5) is 10.5. The number of halogens is 3. The molecule has 0 aliphatic rings. The molecule has 5 heteroatoms. The van der Waals surface area contributed by atoms with Gasteiger partial charge in [-0.05, 0) is 31.0 Å². The Morgan fingerprint density at radius 3 is 2.27 bits per heavy atom. The van der Waals surface area contributed by atoms with Gasteiger partial charge in [-0.15, -0.1) is 0 Å². The van der Waals surface area contributed by atoms with Crippen molar-refractivity contribution in [3.63, 3.8) is 0 Å². The van der Waals surface area contributed by atoms with Gasteiger partial charge in [0.2, 0.25) is 0 Å². The zero-order chi connectivity index (χ0) is 11.8. The van der Waals surface area contributed by atoms with Gasteiger partial charge < -0.3 is 5.73 Å². The minimum atomic E-state index is -4.53. The number of hydrogen-bond acceptors (Lipinski definition) is 2. The van der Waals surface area contributed by atoms with Gasteiger partial charge in [0.05, 0.1) is 11.3 Å². The third-order valence-electron chi connectivity index (χ3n) is 2.33. The van der Waals surface area contributed by atoms with Crippen LogP contribution in [0.5, 0.6) is 0 Å². The summed E-state index contributed by atoms with van der Waals surface area (Å²) in [6, 6.07) is 1.35. The summed E-state index contributed by atoms with van der Waals surface area (Å²) in [5, 5.41) is 0. The molecule has 0 saturated carbocycles. The maximum Gasteiger partial charge on any atom is 0.418 e. The first-order chi connectivity index (χ1) is 6.79.